The van der Waals surface area contributed by atoms with Crippen LogP contribution in [0.3, 0.4) is 0 Å². The van der Waals surface area contributed by atoms with Crippen molar-refractivity contribution < 1.29 is 14.0 Å². The molecule has 4 atom stereocenters. The number of imidazole rings is 2. The third-order valence-electron chi connectivity index (χ3n) is 11.8. The van der Waals surface area contributed by atoms with Crippen LogP contribution in [0.5, 0.6) is 0 Å². The van der Waals surface area contributed by atoms with E-state index < -0.39 is 6.04 Å². The van der Waals surface area contributed by atoms with Gasteiger partial charge in [-0.1, -0.05) is 64.1 Å². The van der Waals surface area contributed by atoms with Crippen LogP contribution in [0.4, 0.5) is 6.01 Å². The molecule has 3 aliphatic rings. The minimum atomic E-state index is -0.459. The van der Waals surface area contributed by atoms with Crippen LogP contribution in [-0.4, -0.2) is 77.5 Å². The molecule has 13 nitrogen and oxygen atoms in total. The van der Waals surface area contributed by atoms with Crippen molar-refractivity contribution >= 4 is 45.5 Å². The zero-order valence-electron chi connectivity index (χ0n) is 33.4. The van der Waals surface area contributed by atoms with E-state index in [-0.39, 0.29) is 41.8 Å². The Labute approximate surface area is 337 Å². The summed E-state index contributed by atoms with van der Waals surface area (Å²) in [7, 11) is 0. The zero-order valence-corrected chi connectivity index (χ0v) is 33.4. The average molecular weight is 779 g/mol. The van der Waals surface area contributed by atoms with Crippen LogP contribution >= 0.6 is 0 Å². The fraction of sp³-hybridized carbons (Fsp3) is 0.378. The Balaban J connectivity index is 0.902. The van der Waals surface area contributed by atoms with E-state index in [2.05, 4.69) is 99.0 Å². The maximum Gasteiger partial charge on any atom is 0.295 e. The van der Waals surface area contributed by atoms with Crippen molar-refractivity contribution in [2.75, 3.05) is 18.4 Å². The highest BCUT2D eigenvalue weighted by Crippen LogP contribution is 2.36. The topological polar surface area (TPSA) is 160 Å². The summed E-state index contributed by atoms with van der Waals surface area (Å²) >= 11 is 0. The number of likely N-dealkylation sites (tertiary alicyclic amines) is 2. The molecule has 0 aliphatic carbocycles. The molecule has 0 bridgehead atoms. The van der Waals surface area contributed by atoms with E-state index >= 15 is 0 Å². The number of carbonyl (C=O) groups is 2. The summed E-state index contributed by atoms with van der Waals surface area (Å²) in [5.41, 5.74) is 5.87. The maximum atomic E-state index is 13.9. The Kier molecular flexibility index (Phi) is 10.0. The molecule has 6 heterocycles. The summed E-state index contributed by atoms with van der Waals surface area (Å²) in [6.45, 7) is 9.58. The molecule has 0 saturated carbocycles. The predicted molar refractivity (Wildman–Crippen MR) is 226 cm³/mol. The molecule has 6 aromatic rings. The number of oxazole rings is 1. The van der Waals surface area contributed by atoms with Gasteiger partial charge in [0, 0.05) is 37.5 Å². The maximum absolute atomic E-state index is 13.9. The van der Waals surface area contributed by atoms with E-state index in [4.69, 9.17) is 14.4 Å². The lowest BCUT2D eigenvalue weighted by atomic mass is 9.99. The summed E-state index contributed by atoms with van der Waals surface area (Å²) in [5, 5.41) is 8.83. The number of nitrogens with one attached hydrogen (secondary N) is 4. The lowest BCUT2D eigenvalue weighted by molar-refractivity contribution is -0.135. The first kappa shape index (κ1) is 37.3. The van der Waals surface area contributed by atoms with Gasteiger partial charge < -0.3 is 34.8 Å². The summed E-state index contributed by atoms with van der Waals surface area (Å²) in [6, 6.07) is 18.6. The number of aliphatic imine (C=N–C) groups is 1. The number of rotatable bonds is 11. The highest BCUT2D eigenvalue weighted by atomic mass is 16.4. The number of benzene rings is 3. The van der Waals surface area contributed by atoms with Gasteiger partial charge in [0.1, 0.15) is 35.8 Å². The molecule has 9 rings (SSSR count). The van der Waals surface area contributed by atoms with Gasteiger partial charge in [0.15, 0.2) is 0 Å². The molecule has 2 saturated heterocycles. The van der Waals surface area contributed by atoms with Gasteiger partial charge in [-0.15, -0.1) is 0 Å². The molecule has 298 valence electrons. The van der Waals surface area contributed by atoms with Crippen LogP contribution < -0.4 is 10.6 Å². The Morgan fingerprint density at radius 3 is 2.12 bits per heavy atom. The van der Waals surface area contributed by atoms with E-state index in [1.54, 1.807) is 12.4 Å². The third-order valence-corrected chi connectivity index (χ3v) is 11.8. The number of anilines is 1. The molecule has 0 spiro atoms. The first-order valence-electron chi connectivity index (χ1n) is 20.5. The SMILES string of the molecule is CC(C)[C@H](Nc1ncco1)C(=O)N1CCC[C@H]1c1nc(-c2ccc3cc(-c4ccc5[nH]c([C@@H]6CCCN6C(=O)[C@@H](NC6=NC=CC6)C(C)C)nc5c4)ccc3c2)c[nH]1. The fourth-order valence-electron chi connectivity index (χ4n) is 8.68. The Bertz CT molecular complexity index is 2510. The molecule has 3 aromatic carbocycles. The van der Waals surface area contributed by atoms with Crippen LogP contribution in [0.2, 0.25) is 0 Å². The molecule has 4 N–H and O–H groups in total. The Morgan fingerprint density at radius 2 is 1.45 bits per heavy atom. The summed E-state index contributed by atoms with van der Waals surface area (Å²) < 4.78 is 5.39. The van der Waals surface area contributed by atoms with Gasteiger partial charge >= 0.3 is 0 Å². The van der Waals surface area contributed by atoms with Crippen LogP contribution in [0.15, 0.2) is 94.9 Å². The average Bonchev–Trinajstić information content (AvgIpc) is 4.08. The van der Waals surface area contributed by atoms with Crippen molar-refractivity contribution in [3.8, 4) is 22.4 Å². The van der Waals surface area contributed by atoms with E-state index in [0.29, 0.717) is 19.1 Å². The third kappa shape index (κ3) is 7.25. The van der Waals surface area contributed by atoms with Crippen molar-refractivity contribution in [3.05, 3.63) is 97.2 Å². The monoisotopic (exact) mass is 778 g/mol. The van der Waals surface area contributed by atoms with Crippen LogP contribution in [0, 0.1) is 11.8 Å². The second kappa shape index (κ2) is 15.6. The van der Waals surface area contributed by atoms with Crippen molar-refractivity contribution in [2.45, 2.75) is 84.0 Å². The molecule has 0 radical (unpaired) electrons. The Hall–Kier alpha value is -6.24. The number of H-pyrrole nitrogens is 2. The molecule has 58 heavy (non-hydrogen) atoms. The highest BCUT2D eigenvalue weighted by molar-refractivity contribution is 5.93. The minimum absolute atomic E-state index is 0.0197. The number of fused-ring (bicyclic) bond motifs is 2. The second-order valence-corrected chi connectivity index (χ2v) is 16.4. The number of aromatic amines is 2. The summed E-state index contributed by atoms with van der Waals surface area (Å²) in [5.74, 6) is 2.75. The number of aromatic nitrogens is 5. The highest BCUT2D eigenvalue weighted by Gasteiger charge is 2.38. The predicted octanol–water partition coefficient (Wildman–Crippen LogP) is 8.16. The lowest BCUT2D eigenvalue weighted by Crippen LogP contribution is -2.50. The van der Waals surface area contributed by atoms with Crippen molar-refractivity contribution in [2.24, 2.45) is 16.8 Å². The van der Waals surface area contributed by atoms with Gasteiger partial charge in [0.25, 0.3) is 6.01 Å². The molecule has 2 fully saturated rings. The largest absolute Gasteiger partial charge is 0.432 e. The summed E-state index contributed by atoms with van der Waals surface area (Å²) in [6.07, 6.45) is 13.1. The van der Waals surface area contributed by atoms with E-state index in [9.17, 15) is 9.59 Å². The van der Waals surface area contributed by atoms with Crippen LogP contribution in [0.25, 0.3) is 44.2 Å². The van der Waals surface area contributed by atoms with Gasteiger partial charge in [-0.05, 0) is 83.7 Å². The first-order valence-corrected chi connectivity index (χ1v) is 20.5. The van der Waals surface area contributed by atoms with Gasteiger partial charge in [0.2, 0.25) is 11.8 Å². The van der Waals surface area contributed by atoms with E-state index in [0.717, 1.165) is 93.8 Å². The molecule has 0 unspecified atom stereocenters. The van der Waals surface area contributed by atoms with Gasteiger partial charge in [-0.3, -0.25) is 9.59 Å². The quantitative estimate of drug-likeness (QED) is 0.103. The van der Waals surface area contributed by atoms with Crippen molar-refractivity contribution in [1.29, 1.82) is 0 Å². The number of amides is 2. The van der Waals surface area contributed by atoms with Gasteiger partial charge in [0.05, 0.1) is 35.0 Å². The zero-order chi connectivity index (χ0) is 39.9. The first-order chi connectivity index (χ1) is 28.2. The molecular formula is C45H50N10O3. The number of hydrogen-bond donors (Lipinski definition) is 4. The van der Waals surface area contributed by atoms with Crippen molar-refractivity contribution in [3.63, 3.8) is 0 Å². The minimum Gasteiger partial charge on any atom is -0.432 e. The van der Waals surface area contributed by atoms with Gasteiger partial charge in [-0.25, -0.2) is 19.9 Å². The molecule has 3 aliphatic heterocycles. The number of nitrogens with zero attached hydrogens (tertiary/aromatic N) is 6. The standard InChI is InChI=1S/C45H50N10O3/c1-26(2)39(52-38-10-5-17-46-38)43(56)55-20-7-9-37(55)42-49-33-16-15-31(24-34(33)50-42)29-11-12-30-23-32(14-13-28(30)22-29)35-25-48-41(51-35)36-8-6-19-54(36)44(57)40(27(3)4)53-45-47-18-21-58-45/h5,11-18,21-27,36-37,39-40H,6-10,19-20H2,1-4H3,(H,46,52)(H,47,53)(H,48,51)(H,49,50)/t36-,37-,39-,40-/m0/s1. The molecule has 3 aromatic heterocycles. The van der Waals surface area contributed by atoms with Crippen LogP contribution in [0.1, 0.15) is 83.5 Å². The lowest BCUT2D eigenvalue weighted by Gasteiger charge is -2.30. The smallest absolute Gasteiger partial charge is 0.295 e. The fourth-order valence-corrected chi connectivity index (χ4v) is 8.68. The summed E-state index contributed by atoms with van der Waals surface area (Å²) in [4.78, 5) is 57.2. The van der Waals surface area contributed by atoms with Crippen LogP contribution in [-0.2, 0) is 9.59 Å². The van der Waals surface area contributed by atoms with Crippen molar-refractivity contribution in [1.82, 2.24) is 40.0 Å². The molecule has 13 heteroatoms. The van der Waals surface area contributed by atoms with E-state index in [1.165, 1.54) is 6.26 Å². The molecular weight excluding hydrogens is 729 g/mol. The molecule has 2 amide bonds. The van der Waals surface area contributed by atoms with Gasteiger partial charge in [-0.2, -0.15) is 0 Å². The number of hydrogen-bond acceptors (Lipinski definition) is 9. The number of carbonyl (C=O) groups excluding carboxylic acids is 2. The Morgan fingerprint density at radius 1 is 0.793 bits per heavy atom. The van der Waals surface area contributed by atoms with E-state index in [1.807, 2.05) is 35.9 Å². The normalized spacial score (nSPS) is 19.2. The second-order valence-electron chi connectivity index (χ2n) is 16.4. The number of amidine groups is 1.